The molecule has 5 nitrogen and oxygen atoms in total. The van der Waals surface area contributed by atoms with Gasteiger partial charge in [-0.2, -0.15) is 5.10 Å². The van der Waals surface area contributed by atoms with Crippen LogP contribution >= 0.6 is 0 Å². The third-order valence-electron chi connectivity index (χ3n) is 2.94. The van der Waals surface area contributed by atoms with E-state index in [9.17, 15) is 4.79 Å². The average Bonchev–Trinajstić information content (AvgIpc) is 2.67. The van der Waals surface area contributed by atoms with Gasteiger partial charge in [0.05, 0.1) is 12.2 Å². The van der Waals surface area contributed by atoms with Crippen LogP contribution in [0, 0.1) is 0 Å². The summed E-state index contributed by atoms with van der Waals surface area (Å²) in [5, 5.41) is 7.27. The third kappa shape index (κ3) is 2.41. The van der Waals surface area contributed by atoms with Gasteiger partial charge in [-0.25, -0.2) is 0 Å². The average molecular weight is 222 g/mol. The third-order valence-corrected chi connectivity index (χ3v) is 2.94. The van der Waals surface area contributed by atoms with Gasteiger partial charge >= 0.3 is 0 Å². The van der Waals surface area contributed by atoms with Crippen LogP contribution in [0.1, 0.15) is 12.5 Å². The summed E-state index contributed by atoms with van der Waals surface area (Å²) in [7, 11) is 1.90. The van der Waals surface area contributed by atoms with E-state index in [1.165, 1.54) is 5.56 Å². The second-order valence-corrected chi connectivity index (χ2v) is 4.27. The molecule has 1 atom stereocenters. The Balaban J connectivity index is 1.87. The molecule has 0 saturated carbocycles. The maximum Gasteiger partial charge on any atom is 0.239 e. The summed E-state index contributed by atoms with van der Waals surface area (Å²) in [5.74, 6) is 0.204. The maximum atomic E-state index is 11.8. The minimum atomic E-state index is -0.0392. The molecule has 1 aliphatic rings. The van der Waals surface area contributed by atoms with Crippen LogP contribution in [0.5, 0.6) is 0 Å². The number of nitrogens with one attached hydrogen (secondary N) is 1. The number of carbonyl (C=O) groups is 1. The minimum Gasteiger partial charge on any atom is -0.340 e. The molecule has 0 aromatic carbocycles. The summed E-state index contributed by atoms with van der Waals surface area (Å²) < 4.78 is 1.79. The van der Waals surface area contributed by atoms with Crippen molar-refractivity contribution in [2.24, 2.45) is 7.05 Å². The van der Waals surface area contributed by atoms with Crippen molar-refractivity contribution in [2.75, 3.05) is 19.6 Å². The van der Waals surface area contributed by atoms with Crippen LogP contribution in [0.2, 0.25) is 0 Å². The number of aromatic nitrogens is 2. The molecule has 0 aliphatic carbocycles. The Morgan fingerprint density at radius 1 is 1.62 bits per heavy atom. The number of hydrogen-bond donors (Lipinski definition) is 1. The van der Waals surface area contributed by atoms with Crippen molar-refractivity contribution in [3.05, 3.63) is 18.0 Å². The number of piperazine rings is 1. The van der Waals surface area contributed by atoms with E-state index in [2.05, 4.69) is 10.4 Å². The Bertz CT molecular complexity index is 374. The SMILES string of the molecule is CC1NCCN(CCc2cnn(C)c2)C1=O. The van der Waals surface area contributed by atoms with Crippen molar-refractivity contribution in [3.8, 4) is 0 Å². The molecule has 2 heterocycles. The quantitative estimate of drug-likeness (QED) is 0.769. The normalized spacial score (nSPS) is 21.5. The molecule has 0 radical (unpaired) electrons. The molecule has 1 unspecified atom stereocenters. The van der Waals surface area contributed by atoms with Gasteiger partial charge in [-0.3, -0.25) is 9.48 Å². The van der Waals surface area contributed by atoms with E-state index in [0.717, 1.165) is 26.1 Å². The highest BCUT2D eigenvalue weighted by atomic mass is 16.2. The molecule has 1 aromatic rings. The first-order valence-corrected chi connectivity index (χ1v) is 5.66. The second-order valence-electron chi connectivity index (χ2n) is 4.27. The van der Waals surface area contributed by atoms with E-state index >= 15 is 0 Å². The molecule has 1 N–H and O–H groups in total. The lowest BCUT2D eigenvalue weighted by Crippen LogP contribution is -2.54. The number of rotatable bonds is 3. The summed E-state index contributed by atoms with van der Waals surface area (Å²) in [6.45, 7) is 4.40. The van der Waals surface area contributed by atoms with Gasteiger partial charge in [-0.05, 0) is 18.9 Å². The first-order chi connectivity index (χ1) is 7.66. The molecular formula is C11H18N4O. The van der Waals surface area contributed by atoms with Crippen molar-refractivity contribution in [1.29, 1.82) is 0 Å². The van der Waals surface area contributed by atoms with E-state index in [4.69, 9.17) is 0 Å². The van der Waals surface area contributed by atoms with Gasteiger partial charge < -0.3 is 10.2 Å². The largest absolute Gasteiger partial charge is 0.340 e. The van der Waals surface area contributed by atoms with Crippen molar-refractivity contribution in [3.63, 3.8) is 0 Å². The van der Waals surface area contributed by atoms with Gasteiger partial charge in [0, 0.05) is 32.9 Å². The van der Waals surface area contributed by atoms with Gasteiger partial charge in [-0.15, -0.1) is 0 Å². The van der Waals surface area contributed by atoms with Gasteiger partial charge in [0.2, 0.25) is 5.91 Å². The molecule has 0 spiro atoms. The van der Waals surface area contributed by atoms with Gasteiger partial charge in [-0.1, -0.05) is 0 Å². The molecular weight excluding hydrogens is 204 g/mol. The molecule has 1 aliphatic heterocycles. The topological polar surface area (TPSA) is 50.2 Å². The van der Waals surface area contributed by atoms with Gasteiger partial charge in [0.1, 0.15) is 0 Å². The van der Waals surface area contributed by atoms with E-state index in [1.54, 1.807) is 4.68 Å². The first-order valence-electron chi connectivity index (χ1n) is 5.66. The summed E-state index contributed by atoms with van der Waals surface area (Å²) in [5.41, 5.74) is 1.18. The fourth-order valence-corrected chi connectivity index (χ4v) is 1.97. The van der Waals surface area contributed by atoms with Crippen LogP contribution in [0.25, 0.3) is 0 Å². The lowest BCUT2D eigenvalue weighted by atomic mass is 10.2. The summed E-state index contributed by atoms with van der Waals surface area (Å²) in [4.78, 5) is 13.7. The molecule has 5 heteroatoms. The standard InChI is InChI=1S/C11H18N4O/c1-9-11(16)15(6-4-12-9)5-3-10-7-13-14(2)8-10/h7-9,12H,3-6H2,1-2H3. The smallest absolute Gasteiger partial charge is 0.239 e. The van der Waals surface area contributed by atoms with E-state index in [-0.39, 0.29) is 11.9 Å². The Morgan fingerprint density at radius 2 is 2.44 bits per heavy atom. The highest BCUT2D eigenvalue weighted by Gasteiger charge is 2.23. The summed E-state index contributed by atoms with van der Waals surface area (Å²) in [6, 6.07) is -0.0392. The Kier molecular flexibility index (Phi) is 3.24. The van der Waals surface area contributed by atoms with Gasteiger partial charge in [0.25, 0.3) is 0 Å². The zero-order valence-corrected chi connectivity index (χ0v) is 9.81. The molecule has 1 amide bonds. The molecule has 16 heavy (non-hydrogen) atoms. The van der Waals surface area contributed by atoms with Crippen LogP contribution < -0.4 is 5.32 Å². The number of aryl methyl sites for hydroxylation is 1. The Morgan fingerprint density at radius 3 is 3.12 bits per heavy atom. The van der Waals surface area contributed by atoms with Crippen LogP contribution in [0.3, 0.4) is 0 Å². The van der Waals surface area contributed by atoms with Crippen molar-refractivity contribution in [2.45, 2.75) is 19.4 Å². The van der Waals surface area contributed by atoms with E-state index in [0.29, 0.717) is 0 Å². The van der Waals surface area contributed by atoms with E-state index in [1.807, 2.05) is 31.3 Å². The monoisotopic (exact) mass is 222 g/mol. The predicted molar refractivity (Wildman–Crippen MR) is 61.0 cm³/mol. The van der Waals surface area contributed by atoms with Crippen LogP contribution in [0.4, 0.5) is 0 Å². The van der Waals surface area contributed by atoms with Crippen molar-refractivity contribution in [1.82, 2.24) is 20.0 Å². The summed E-state index contributed by atoms with van der Waals surface area (Å²) >= 11 is 0. The number of hydrogen-bond acceptors (Lipinski definition) is 3. The van der Waals surface area contributed by atoms with Crippen LogP contribution in [0.15, 0.2) is 12.4 Å². The van der Waals surface area contributed by atoms with Crippen LogP contribution in [-0.2, 0) is 18.3 Å². The van der Waals surface area contributed by atoms with Crippen LogP contribution in [-0.4, -0.2) is 46.3 Å². The maximum absolute atomic E-state index is 11.8. The van der Waals surface area contributed by atoms with Crippen molar-refractivity contribution < 1.29 is 4.79 Å². The van der Waals surface area contributed by atoms with Gasteiger partial charge in [0.15, 0.2) is 0 Å². The van der Waals surface area contributed by atoms with E-state index < -0.39 is 0 Å². The molecule has 1 fully saturated rings. The Hall–Kier alpha value is -1.36. The van der Waals surface area contributed by atoms with Crippen molar-refractivity contribution >= 4 is 5.91 Å². The minimum absolute atomic E-state index is 0.0392. The highest BCUT2D eigenvalue weighted by molar-refractivity contribution is 5.82. The first kappa shape index (κ1) is 11.1. The zero-order valence-electron chi connectivity index (χ0n) is 9.81. The lowest BCUT2D eigenvalue weighted by molar-refractivity contribution is -0.135. The Labute approximate surface area is 95.4 Å². The molecule has 1 saturated heterocycles. The molecule has 0 bridgehead atoms. The molecule has 2 rings (SSSR count). The number of nitrogens with zero attached hydrogens (tertiary/aromatic N) is 3. The number of carbonyl (C=O) groups excluding carboxylic acids is 1. The number of amides is 1. The zero-order chi connectivity index (χ0) is 11.5. The molecule has 88 valence electrons. The highest BCUT2D eigenvalue weighted by Crippen LogP contribution is 2.04. The molecule has 1 aromatic heterocycles. The fourth-order valence-electron chi connectivity index (χ4n) is 1.97. The second kappa shape index (κ2) is 4.65. The summed E-state index contributed by atoms with van der Waals surface area (Å²) in [6.07, 6.45) is 4.73. The predicted octanol–water partition coefficient (Wildman–Crippen LogP) is -0.217. The fraction of sp³-hybridized carbons (Fsp3) is 0.636. The lowest BCUT2D eigenvalue weighted by Gasteiger charge is -2.31.